The molecule has 1 aliphatic rings. The number of anilines is 1. The Balaban J connectivity index is 2.20. The number of aromatic nitrogens is 2. The summed E-state index contributed by atoms with van der Waals surface area (Å²) in [7, 11) is 1.75. The Hall–Kier alpha value is -1.20. The first-order chi connectivity index (χ1) is 8.74. The van der Waals surface area contributed by atoms with Gasteiger partial charge in [0.25, 0.3) is 0 Å². The molecule has 2 heterocycles. The minimum absolute atomic E-state index is 0.440. The molecule has 0 unspecified atom stereocenters. The summed E-state index contributed by atoms with van der Waals surface area (Å²) in [4.78, 5) is 11.3. The summed E-state index contributed by atoms with van der Waals surface area (Å²) in [5, 5.41) is 0. The van der Waals surface area contributed by atoms with Gasteiger partial charge in [0.1, 0.15) is 11.6 Å². The lowest BCUT2D eigenvalue weighted by Gasteiger charge is -2.25. The van der Waals surface area contributed by atoms with Gasteiger partial charge >= 0.3 is 0 Å². The molecule has 1 aliphatic heterocycles. The summed E-state index contributed by atoms with van der Waals surface area (Å²) in [6.45, 7) is 4.37. The second kappa shape index (κ2) is 6.11. The molecule has 0 aliphatic carbocycles. The molecule has 2 N–H and O–H groups in total. The van der Waals surface area contributed by atoms with Crippen LogP contribution in [-0.2, 0) is 11.2 Å². The SMILES string of the molecule is COC[C@@H]1CCCN1c1cc(CCN)nc(C)n1. The molecular weight excluding hydrogens is 228 g/mol. The highest BCUT2D eigenvalue weighted by molar-refractivity contribution is 5.42. The van der Waals surface area contributed by atoms with E-state index >= 15 is 0 Å². The molecular formula is C13H22N4O. The molecule has 5 heteroatoms. The molecule has 1 saturated heterocycles. The predicted molar refractivity (Wildman–Crippen MR) is 71.8 cm³/mol. The van der Waals surface area contributed by atoms with Crippen molar-refractivity contribution in [3.8, 4) is 0 Å². The van der Waals surface area contributed by atoms with Gasteiger partial charge in [0, 0.05) is 31.8 Å². The summed E-state index contributed by atoms with van der Waals surface area (Å²) >= 11 is 0. The van der Waals surface area contributed by atoms with E-state index in [-0.39, 0.29) is 0 Å². The topological polar surface area (TPSA) is 64.3 Å². The first-order valence-corrected chi connectivity index (χ1v) is 6.55. The fraction of sp³-hybridized carbons (Fsp3) is 0.692. The number of rotatable bonds is 5. The van der Waals surface area contributed by atoms with Crippen LogP contribution in [0.3, 0.4) is 0 Å². The standard InChI is InChI=1S/C13H22N4O/c1-10-15-11(5-6-14)8-13(16-10)17-7-3-4-12(17)9-18-2/h8,12H,3-7,9,14H2,1-2H3/t12-/m0/s1. The molecule has 1 atom stereocenters. The third-order valence-electron chi connectivity index (χ3n) is 3.31. The number of hydrogen-bond acceptors (Lipinski definition) is 5. The maximum absolute atomic E-state index is 5.60. The average molecular weight is 250 g/mol. The predicted octanol–water partition coefficient (Wildman–Crippen LogP) is 0.901. The zero-order chi connectivity index (χ0) is 13.0. The number of nitrogens with two attached hydrogens (primary N) is 1. The van der Waals surface area contributed by atoms with Gasteiger partial charge in [-0.15, -0.1) is 0 Å². The van der Waals surface area contributed by atoms with E-state index in [0.717, 1.165) is 36.9 Å². The van der Waals surface area contributed by atoms with Gasteiger partial charge in [-0.05, 0) is 26.3 Å². The summed E-state index contributed by atoms with van der Waals surface area (Å²) in [5.74, 6) is 1.84. The molecule has 0 spiro atoms. The van der Waals surface area contributed by atoms with Gasteiger partial charge in [-0.2, -0.15) is 0 Å². The van der Waals surface area contributed by atoms with Crippen LogP contribution in [0.2, 0.25) is 0 Å². The number of aryl methyl sites for hydroxylation is 1. The first-order valence-electron chi connectivity index (χ1n) is 6.55. The third-order valence-corrected chi connectivity index (χ3v) is 3.31. The molecule has 0 aromatic carbocycles. The highest BCUT2D eigenvalue weighted by Gasteiger charge is 2.25. The second-order valence-corrected chi connectivity index (χ2v) is 4.75. The Labute approximate surface area is 108 Å². The molecule has 0 saturated carbocycles. The van der Waals surface area contributed by atoms with Crippen LogP contribution in [0.1, 0.15) is 24.4 Å². The molecule has 0 amide bonds. The molecule has 0 radical (unpaired) electrons. The van der Waals surface area contributed by atoms with E-state index in [2.05, 4.69) is 20.9 Å². The Morgan fingerprint density at radius 2 is 2.33 bits per heavy atom. The molecule has 1 aromatic heterocycles. The smallest absolute Gasteiger partial charge is 0.132 e. The van der Waals surface area contributed by atoms with E-state index in [1.165, 1.54) is 12.8 Å². The van der Waals surface area contributed by atoms with Crippen molar-refractivity contribution in [3.63, 3.8) is 0 Å². The van der Waals surface area contributed by atoms with Crippen LogP contribution in [0.25, 0.3) is 0 Å². The van der Waals surface area contributed by atoms with Crippen molar-refractivity contribution in [1.82, 2.24) is 9.97 Å². The maximum Gasteiger partial charge on any atom is 0.132 e. The number of ether oxygens (including phenoxy) is 1. The van der Waals surface area contributed by atoms with Crippen molar-refractivity contribution in [2.24, 2.45) is 5.73 Å². The highest BCUT2D eigenvalue weighted by Crippen LogP contribution is 2.24. The Bertz CT molecular complexity index is 397. The lowest BCUT2D eigenvalue weighted by Crippen LogP contribution is -2.33. The second-order valence-electron chi connectivity index (χ2n) is 4.75. The van der Waals surface area contributed by atoms with Crippen molar-refractivity contribution in [1.29, 1.82) is 0 Å². The van der Waals surface area contributed by atoms with Gasteiger partial charge < -0.3 is 15.4 Å². The first kappa shape index (κ1) is 13.2. The highest BCUT2D eigenvalue weighted by atomic mass is 16.5. The number of methoxy groups -OCH3 is 1. The molecule has 100 valence electrons. The van der Waals surface area contributed by atoms with Gasteiger partial charge in [0.15, 0.2) is 0 Å². The van der Waals surface area contributed by atoms with E-state index in [0.29, 0.717) is 12.6 Å². The normalized spacial score (nSPS) is 19.5. The summed E-state index contributed by atoms with van der Waals surface area (Å²) in [6, 6.07) is 2.50. The monoisotopic (exact) mass is 250 g/mol. The van der Waals surface area contributed by atoms with E-state index in [4.69, 9.17) is 10.5 Å². The summed E-state index contributed by atoms with van der Waals surface area (Å²) in [5.41, 5.74) is 6.63. The largest absolute Gasteiger partial charge is 0.383 e. The molecule has 2 rings (SSSR count). The fourth-order valence-corrected chi connectivity index (χ4v) is 2.54. The van der Waals surface area contributed by atoms with Gasteiger partial charge in [-0.1, -0.05) is 0 Å². The van der Waals surface area contributed by atoms with E-state index < -0.39 is 0 Å². The third kappa shape index (κ3) is 2.97. The van der Waals surface area contributed by atoms with Crippen LogP contribution in [-0.4, -0.2) is 42.8 Å². The lowest BCUT2D eigenvalue weighted by atomic mass is 10.2. The van der Waals surface area contributed by atoms with Gasteiger partial charge in [-0.3, -0.25) is 0 Å². The quantitative estimate of drug-likeness (QED) is 0.841. The van der Waals surface area contributed by atoms with Crippen LogP contribution < -0.4 is 10.6 Å². The van der Waals surface area contributed by atoms with E-state index in [9.17, 15) is 0 Å². The van der Waals surface area contributed by atoms with Crippen LogP contribution in [0.5, 0.6) is 0 Å². The zero-order valence-corrected chi connectivity index (χ0v) is 11.2. The molecule has 5 nitrogen and oxygen atoms in total. The zero-order valence-electron chi connectivity index (χ0n) is 11.2. The van der Waals surface area contributed by atoms with E-state index in [1.807, 2.05) is 6.92 Å². The maximum atomic E-state index is 5.60. The molecule has 0 bridgehead atoms. The number of nitrogens with zero attached hydrogens (tertiary/aromatic N) is 3. The van der Waals surface area contributed by atoms with Crippen LogP contribution in [0, 0.1) is 6.92 Å². The Kier molecular flexibility index (Phi) is 4.49. The molecule has 1 fully saturated rings. The van der Waals surface area contributed by atoms with Crippen molar-refractivity contribution in [2.45, 2.75) is 32.2 Å². The Morgan fingerprint density at radius 1 is 1.50 bits per heavy atom. The average Bonchev–Trinajstić information content (AvgIpc) is 2.77. The van der Waals surface area contributed by atoms with Gasteiger partial charge in [-0.25, -0.2) is 9.97 Å². The number of hydrogen-bond donors (Lipinski definition) is 1. The van der Waals surface area contributed by atoms with Crippen molar-refractivity contribution < 1.29 is 4.74 Å². The molecule has 18 heavy (non-hydrogen) atoms. The van der Waals surface area contributed by atoms with Gasteiger partial charge in [0.05, 0.1) is 12.6 Å². The Morgan fingerprint density at radius 3 is 3.06 bits per heavy atom. The minimum atomic E-state index is 0.440. The van der Waals surface area contributed by atoms with Crippen LogP contribution in [0.15, 0.2) is 6.07 Å². The molecule has 1 aromatic rings. The summed E-state index contributed by atoms with van der Waals surface area (Å²) in [6.07, 6.45) is 3.17. The van der Waals surface area contributed by atoms with E-state index in [1.54, 1.807) is 7.11 Å². The summed E-state index contributed by atoms with van der Waals surface area (Å²) < 4.78 is 5.28. The lowest BCUT2D eigenvalue weighted by molar-refractivity contribution is 0.180. The van der Waals surface area contributed by atoms with Crippen molar-refractivity contribution in [2.75, 3.05) is 31.7 Å². The van der Waals surface area contributed by atoms with Crippen LogP contribution in [0.4, 0.5) is 5.82 Å². The van der Waals surface area contributed by atoms with Crippen molar-refractivity contribution in [3.05, 3.63) is 17.6 Å². The fourth-order valence-electron chi connectivity index (χ4n) is 2.54. The minimum Gasteiger partial charge on any atom is -0.383 e. The van der Waals surface area contributed by atoms with Gasteiger partial charge in [0.2, 0.25) is 0 Å². The van der Waals surface area contributed by atoms with Crippen molar-refractivity contribution >= 4 is 5.82 Å². The van der Waals surface area contributed by atoms with Crippen LogP contribution >= 0.6 is 0 Å².